The number of rotatable bonds is 4. The highest BCUT2D eigenvalue weighted by Crippen LogP contribution is 2.22. The first-order valence-corrected chi connectivity index (χ1v) is 6.65. The molecule has 0 atom stereocenters. The van der Waals surface area contributed by atoms with Crippen LogP contribution in [0.1, 0.15) is 25.8 Å². The smallest absolute Gasteiger partial charge is 0.237 e. The fourth-order valence-electron chi connectivity index (χ4n) is 2.48. The molecule has 0 aliphatic carbocycles. The van der Waals surface area contributed by atoms with Gasteiger partial charge in [-0.1, -0.05) is 30.3 Å². The van der Waals surface area contributed by atoms with Crippen LogP contribution in [0.25, 0.3) is 0 Å². The summed E-state index contributed by atoms with van der Waals surface area (Å²) in [6.07, 6.45) is 2.02. The minimum Gasteiger partial charge on any atom is -0.335 e. The number of amides is 1. The lowest BCUT2D eigenvalue weighted by Gasteiger charge is -2.41. The highest BCUT2D eigenvalue weighted by Gasteiger charge is 2.31. The number of hydrogen-bond donors (Lipinski definition) is 1. The Morgan fingerprint density at radius 3 is 2.67 bits per heavy atom. The second-order valence-corrected chi connectivity index (χ2v) is 5.52. The Balaban J connectivity index is 1.96. The summed E-state index contributed by atoms with van der Waals surface area (Å²) in [4.78, 5) is 13.9. The van der Waals surface area contributed by atoms with Crippen LogP contribution < -0.4 is 5.32 Å². The highest BCUT2D eigenvalue weighted by molar-refractivity contribution is 5.79. The van der Waals surface area contributed by atoms with E-state index in [-0.39, 0.29) is 11.4 Å². The molecule has 1 saturated heterocycles. The lowest BCUT2D eigenvalue weighted by Crippen LogP contribution is -2.57. The van der Waals surface area contributed by atoms with E-state index in [1.807, 2.05) is 11.0 Å². The van der Waals surface area contributed by atoms with E-state index >= 15 is 0 Å². The molecule has 1 N–H and O–H groups in total. The molecule has 2 rings (SSSR count). The van der Waals surface area contributed by atoms with E-state index < -0.39 is 0 Å². The van der Waals surface area contributed by atoms with Gasteiger partial charge in [0.1, 0.15) is 0 Å². The molecule has 0 unspecified atom stereocenters. The first kappa shape index (κ1) is 13.1. The van der Waals surface area contributed by atoms with Gasteiger partial charge in [-0.05, 0) is 32.3 Å². The summed E-state index contributed by atoms with van der Waals surface area (Å²) in [5, 5.41) is 3.12. The lowest BCUT2D eigenvalue weighted by atomic mass is 9.92. The molecule has 0 aromatic heterocycles. The van der Waals surface area contributed by atoms with Gasteiger partial charge in [0.2, 0.25) is 5.91 Å². The van der Waals surface area contributed by atoms with E-state index in [9.17, 15) is 4.79 Å². The molecule has 1 amide bonds. The number of carbonyl (C=O) groups is 1. The molecular weight excluding hydrogens is 224 g/mol. The predicted octanol–water partition coefficient (Wildman–Crippen LogP) is 1.83. The number of carbonyl (C=O) groups excluding carboxylic acids is 1. The Bertz CT molecular complexity index is 400. The zero-order valence-corrected chi connectivity index (χ0v) is 11.3. The van der Waals surface area contributed by atoms with Crippen molar-refractivity contribution in [1.29, 1.82) is 0 Å². The van der Waals surface area contributed by atoms with E-state index in [1.54, 1.807) is 0 Å². The molecule has 1 aromatic rings. The zero-order chi connectivity index (χ0) is 13.0. The third kappa shape index (κ3) is 3.10. The van der Waals surface area contributed by atoms with E-state index in [0.717, 1.165) is 25.9 Å². The second-order valence-electron chi connectivity index (χ2n) is 5.52. The average Bonchev–Trinajstić information content (AvgIpc) is 2.38. The van der Waals surface area contributed by atoms with Gasteiger partial charge < -0.3 is 10.2 Å². The zero-order valence-electron chi connectivity index (χ0n) is 11.3. The monoisotopic (exact) mass is 246 g/mol. The Kier molecular flexibility index (Phi) is 4.02. The predicted molar refractivity (Wildman–Crippen MR) is 73.4 cm³/mol. The first-order valence-electron chi connectivity index (χ1n) is 6.65. The maximum absolute atomic E-state index is 11.9. The van der Waals surface area contributed by atoms with Crippen molar-refractivity contribution in [2.45, 2.75) is 32.2 Å². The number of nitrogens with one attached hydrogen (secondary N) is 1. The van der Waals surface area contributed by atoms with Crippen LogP contribution in [0.15, 0.2) is 30.3 Å². The van der Waals surface area contributed by atoms with Crippen LogP contribution >= 0.6 is 0 Å². The number of nitrogens with zero attached hydrogens (tertiary/aromatic N) is 1. The summed E-state index contributed by atoms with van der Waals surface area (Å²) < 4.78 is 0. The molecule has 0 radical (unpaired) electrons. The van der Waals surface area contributed by atoms with Gasteiger partial charge in [-0.3, -0.25) is 4.79 Å². The first-order chi connectivity index (χ1) is 8.59. The molecule has 0 bridgehead atoms. The maximum Gasteiger partial charge on any atom is 0.237 e. The van der Waals surface area contributed by atoms with Crippen molar-refractivity contribution in [3.63, 3.8) is 0 Å². The Hall–Kier alpha value is -1.35. The average molecular weight is 246 g/mol. The summed E-state index contributed by atoms with van der Waals surface area (Å²) in [6.45, 7) is 6.54. The lowest BCUT2D eigenvalue weighted by molar-refractivity contribution is -0.137. The van der Waals surface area contributed by atoms with Crippen LogP contribution in [0, 0.1) is 0 Å². The van der Waals surface area contributed by atoms with Crippen LogP contribution in [0.2, 0.25) is 0 Å². The summed E-state index contributed by atoms with van der Waals surface area (Å²) in [5.41, 5.74) is 1.28. The maximum atomic E-state index is 11.9. The standard InChI is InChI=1S/C15H22N2O/c1-15(2,17-11-10-16-12-14(17)18)9-8-13-6-4-3-5-7-13/h3-7,16H,8-12H2,1-2H3. The number of piperazine rings is 1. The van der Waals surface area contributed by atoms with Crippen LogP contribution in [-0.4, -0.2) is 36.0 Å². The number of hydrogen-bond acceptors (Lipinski definition) is 2. The van der Waals surface area contributed by atoms with E-state index in [1.165, 1.54) is 5.56 Å². The fraction of sp³-hybridized carbons (Fsp3) is 0.533. The van der Waals surface area contributed by atoms with Gasteiger partial charge in [0, 0.05) is 18.6 Å². The van der Waals surface area contributed by atoms with Crippen molar-refractivity contribution < 1.29 is 4.79 Å². The Morgan fingerprint density at radius 1 is 1.28 bits per heavy atom. The minimum atomic E-state index is -0.0605. The van der Waals surface area contributed by atoms with Crippen molar-refractivity contribution >= 4 is 5.91 Å². The van der Waals surface area contributed by atoms with E-state index in [2.05, 4.69) is 43.4 Å². The van der Waals surface area contributed by atoms with Crippen molar-refractivity contribution in [2.24, 2.45) is 0 Å². The van der Waals surface area contributed by atoms with Crippen LogP contribution in [-0.2, 0) is 11.2 Å². The normalized spacial score (nSPS) is 17.0. The van der Waals surface area contributed by atoms with Crippen molar-refractivity contribution in [3.8, 4) is 0 Å². The molecule has 18 heavy (non-hydrogen) atoms. The van der Waals surface area contributed by atoms with Crippen molar-refractivity contribution in [2.75, 3.05) is 19.6 Å². The molecule has 0 spiro atoms. The second kappa shape index (κ2) is 5.53. The molecule has 1 heterocycles. The number of aryl methyl sites for hydroxylation is 1. The van der Waals surface area contributed by atoms with Gasteiger partial charge in [0.25, 0.3) is 0 Å². The molecule has 98 valence electrons. The summed E-state index contributed by atoms with van der Waals surface area (Å²) in [6, 6.07) is 10.5. The molecule has 1 aromatic carbocycles. The molecule has 3 nitrogen and oxygen atoms in total. The minimum absolute atomic E-state index is 0.0605. The topological polar surface area (TPSA) is 32.3 Å². The van der Waals surface area contributed by atoms with Crippen LogP contribution in [0.4, 0.5) is 0 Å². The Labute approximate surface area is 109 Å². The third-order valence-corrected chi connectivity index (χ3v) is 3.69. The number of benzene rings is 1. The fourth-order valence-corrected chi connectivity index (χ4v) is 2.48. The van der Waals surface area contributed by atoms with Crippen LogP contribution in [0.3, 0.4) is 0 Å². The van der Waals surface area contributed by atoms with Gasteiger partial charge in [-0.25, -0.2) is 0 Å². The molecule has 3 heteroatoms. The summed E-state index contributed by atoms with van der Waals surface area (Å²) in [7, 11) is 0. The SMILES string of the molecule is CC(C)(CCc1ccccc1)N1CCNCC1=O. The largest absolute Gasteiger partial charge is 0.335 e. The van der Waals surface area contributed by atoms with Gasteiger partial charge in [0.05, 0.1) is 6.54 Å². The van der Waals surface area contributed by atoms with Gasteiger partial charge in [0.15, 0.2) is 0 Å². The van der Waals surface area contributed by atoms with E-state index in [0.29, 0.717) is 6.54 Å². The quantitative estimate of drug-likeness (QED) is 0.879. The molecule has 1 aliphatic heterocycles. The van der Waals surface area contributed by atoms with E-state index in [4.69, 9.17) is 0 Å². The Morgan fingerprint density at radius 2 is 2.00 bits per heavy atom. The van der Waals surface area contributed by atoms with Gasteiger partial charge in [-0.15, -0.1) is 0 Å². The van der Waals surface area contributed by atoms with Crippen molar-refractivity contribution in [1.82, 2.24) is 10.2 Å². The van der Waals surface area contributed by atoms with Gasteiger partial charge >= 0.3 is 0 Å². The highest BCUT2D eigenvalue weighted by atomic mass is 16.2. The third-order valence-electron chi connectivity index (χ3n) is 3.69. The molecule has 1 aliphatic rings. The molecular formula is C15H22N2O. The van der Waals surface area contributed by atoms with Crippen molar-refractivity contribution in [3.05, 3.63) is 35.9 Å². The molecule has 0 saturated carbocycles. The molecule has 1 fully saturated rings. The summed E-state index contributed by atoms with van der Waals surface area (Å²) >= 11 is 0. The van der Waals surface area contributed by atoms with Gasteiger partial charge in [-0.2, -0.15) is 0 Å². The summed E-state index contributed by atoms with van der Waals surface area (Å²) in [5.74, 6) is 0.222. The van der Waals surface area contributed by atoms with Crippen LogP contribution in [0.5, 0.6) is 0 Å².